The summed E-state index contributed by atoms with van der Waals surface area (Å²) < 4.78 is 0. The van der Waals surface area contributed by atoms with Crippen LogP contribution in [0.2, 0.25) is 0 Å². The van der Waals surface area contributed by atoms with Gasteiger partial charge in [-0.1, -0.05) is 70.3 Å². The maximum Gasteiger partial charge on any atom is -0.0348 e. The fraction of sp³-hybridized carbons (Fsp3) is 0.667. The lowest BCUT2D eigenvalue weighted by molar-refractivity contribution is 0.611. The molecular formula is C15H27. The number of hydrogen-bond donors (Lipinski definition) is 0. The highest BCUT2D eigenvalue weighted by molar-refractivity contribution is 5.02. The van der Waals surface area contributed by atoms with Crippen LogP contribution in [0.25, 0.3) is 0 Å². The topological polar surface area (TPSA) is 0 Å². The van der Waals surface area contributed by atoms with E-state index in [1.165, 1.54) is 44.9 Å². The van der Waals surface area contributed by atoms with Crippen LogP contribution in [0.5, 0.6) is 0 Å². The second-order valence-electron chi connectivity index (χ2n) is 4.05. The van der Waals surface area contributed by atoms with E-state index in [2.05, 4.69) is 38.2 Å². The molecule has 0 aromatic rings. The first-order valence-corrected chi connectivity index (χ1v) is 6.52. The second kappa shape index (κ2) is 13.5. The molecule has 0 N–H and O–H groups in total. The lowest BCUT2D eigenvalue weighted by atomic mass is 10.1. The molecule has 0 heterocycles. The summed E-state index contributed by atoms with van der Waals surface area (Å²) >= 11 is 0. The Hall–Kier alpha value is -0.520. The van der Waals surface area contributed by atoms with Crippen LogP contribution in [0.15, 0.2) is 24.3 Å². The zero-order valence-corrected chi connectivity index (χ0v) is 10.4. The molecule has 0 amide bonds. The van der Waals surface area contributed by atoms with Gasteiger partial charge in [0.15, 0.2) is 0 Å². The van der Waals surface area contributed by atoms with Crippen molar-refractivity contribution >= 4 is 0 Å². The average Bonchev–Trinajstić information content (AvgIpc) is 2.26. The summed E-state index contributed by atoms with van der Waals surface area (Å²) in [6, 6.07) is 0. The Morgan fingerprint density at radius 2 is 1.40 bits per heavy atom. The van der Waals surface area contributed by atoms with Gasteiger partial charge in [-0.25, -0.2) is 0 Å². The van der Waals surface area contributed by atoms with Crippen molar-refractivity contribution in [2.24, 2.45) is 0 Å². The Bertz CT molecular complexity index is 153. The van der Waals surface area contributed by atoms with Crippen LogP contribution in [-0.4, -0.2) is 0 Å². The molecule has 0 aliphatic rings. The van der Waals surface area contributed by atoms with Crippen molar-refractivity contribution in [1.82, 2.24) is 0 Å². The lowest BCUT2D eigenvalue weighted by Crippen LogP contribution is -1.77. The van der Waals surface area contributed by atoms with Crippen LogP contribution >= 0.6 is 0 Å². The van der Waals surface area contributed by atoms with Gasteiger partial charge in [-0.3, -0.25) is 0 Å². The molecule has 0 atom stereocenters. The highest BCUT2D eigenvalue weighted by Crippen LogP contribution is 2.07. The van der Waals surface area contributed by atoms with Gasteiger partial charge in [-0.15, -0.1) is 0 Å². The Morgan fingerprint density at radius 1 is 0.800 bits per heavy atom. The molecule has 0 fully saturated rings. The molecule has 0 aromatic heterocycles. The molecule has 0 nitrogen and oxygen atoms in total. The van der Waals surface area contributed by atoms with E-state index in [1.54, 1.807) is 0 Å². The number of hydrogen-bond acceptors (Lipinski definition) is 0. The van der Waals surface area contributed by atoms with Crippen molar-refractivity contribution in [3.05, 3.63) is 31.2 Å². The van der Waals surface area contributed by atoms with E-state index in [0.717, 1.165) is 12.8 Å². The summed E-state index contributed by atoms with van der Waals surface area (Å²) in [5, 5.41) is 0. The highest BCUT2D eigenvalue weighted by atomic mass is 13.9. The van der Waals surface area contributed by atoms with Crippen molar-refractivity contribution in [2.45, 2.75) is 64.7 Å². The minimum absolute atomic E-state index is 1.00. The predicted molar refractivity (Wildman–Crippen MR) is 70.9 cm³/mol. The van der Waals surface area contributed by atoms with E-state index >= 15 is 0 Å². The number of rotatable bonds is 10. The summed E-state index contributed by atoms with van der Waals surface area (Å²) in [4.78, 5) is 0. The first-order chi connectivity index (χ1) is 7.41. The van der Waals surface area contributed by atoms with E-state index in [1.807, 2.05) is 0 Å². The van der Waals surface area contributed by atoms with Crippen LogP contribution in [0, 0.1) is 6.92 Å². The lowest BCUT2D eigenvalue weighted by Gasteiger charge is -1.97. The van der Waals surface area contributed by atoms with Crippen LogP contribution in [0.1, 0.15) is 64.7 Å². The monoisotopic (exact) mass is 207 g/mol. The summed E-state index contributed by atoms with van der Waals surface area (Å²) in [5.41, 5.74) is 0. The van der Waals surface area contributed by atoms with Gasteiger partial charge in [-0.05, 0) is 25.7 Å². The summed E-state index contributed by atoms with van der Waals surface area (Å²) in [6.07, 6.45) is 20.4. The molecule has 0 saturated heterocycles. The third kappa shape index (κ3) is 13.5. The highest BCUT2D eigenvalue weighted by Gasteiger charge is 1.87. The first kappa shape index (κ1) is 14.5. The van der Waals surface area contributed by atoms with Crippen molar-refractivity contribution in [3.8, 4) is 0 Å². The van der Waals surface area contributed by atoms with Gasteiger partial charge in [-0.2, -0.15) is 0 Å². The summed E-state index contributed by atoms with van der Waals surface area (Å²) in [6.45, 7) is 6.06. The van der Waals surface area contributed by atoms with Gasteiger partial charge in [0.25, 0.3) is 0 Å². The zero-order chi connectivity index (χ0) is 11.2. The fourth-order valence-electron chi connectivity index (χ4n) is 1.51. The Labute approximate surface area is 96.5 Å². The minimum atomic E-state index is 1.00. The molecule has 0 bridgehead atoms. The number of allylic oxidation sites excluding steroid dienone is 4. The molecule has 0 spiro atoms. The van der Waals surface area contributed by atoms with Crippen molar-refractivity contribution < 1.29 is 0 Å². The van der Waals surface area contributed by atoms with E-state index < -0.39 is 0 Å². The Morgan fingerprint density at radius 3 is 2.07 bits per heavy atom. The molecule has 0 heteroatoms. The SMILES string of the molecule is [CH2]CC/C=C/C=C/CCCCCCCC. The van der Waals surface area contributed by atoms with Crippen LogP contribution < -0.4 is 0 Å². The van der Waals surface area contributed by atoms with Crippen LogP contribution in [0.3, 0.4) is 0 Å². The van der Waals surface area contributed by atoms with Gasteiger partial charge in [0.05, 0.1) is 0 Å². The summed E-state index contributed by atoms with van der Waals surface area (Å²) in [5.74, 6) is 0. The molecular weight excluding hydrogens is 180 g/mol. The molecule has 0 rings (SSSR count). The first-order valence-electron chi connectivity index (χ1n) is 6.52. The minimum Gasteiger partial charge on any atom is -0.0845 e. The maximum absolute atomic E-state index is 3.79. The van der Waals surface area contributed by atoms with E-state index in [0.29, 0.717) is 0 Å². The van der Waals surface area contributed by atoms with E-state index in [9.17, 15) is 0 Å². The molecule has 15 heavy (non-hydrogen) atoms. The largest absolute Gasteiger partial charge is 0.0845 e. The van der Waals surface area contributed by atoms with Gasteiger partial charge in [0.1, 0.15) is 0 Å². The fourth-order valence-corrected chi connectivity index (χ4v) is 1.51. The smallest absolute Gasteiger partial charge is 0.0348 e. The molecule has 0 aliphatic heterocycles. The average molecular weight is 207 g/mol. The maximum atomic E-state index is 3.79. The van der Waals surface area contributed by atoms with Crippen molar-refractivity contribution in [2.75, 3.05) is 0 Å². The summed E-state index contributed by atoms with van der Waals surface area (Å²) in [7, 11) is 0. The Kier molecular flexibility index (Phi) is 13.0. The van der Waals surface area contributed by atoms with Gasteiger partial charge in [0.2, 0.25) is 0 Å². The standard InChI is InChI=1S/C15H27/c1-3-5-7-9-11-13-15-14-12-10-8-6-4-2/h7,9,11,13H,1,3-6,8,10,12,14-15H2,2H3/b9-7+,13-11+. The normalized spacial score (nSPS) is 11.9. The molecule has 0 aliphatic carbocycles. The van der Waals surface area contributed by atoms with Crippen molar-refractivity contribution in [1.29, 1.82) is 0 Å². The third-order valence-electron chi connectivity index (χ3n) is 2.48. The van der Waals surface area contributed by atoms with E-state index in [-0.39, 0.29) is 0 Å². The quantitative estimate of drug-likeness (QED) is 0.329. The van der Waals surface area contributed by atoms with Gasteiger partial charge in [0, 0.05) is 0 Å². The second-order valence-corrected chi connectivity index (χ2v) is 4.05. The molecule has 0 aromatic carbocycles. The molecule has 0 unspecified atom stereocenters. The van der Waals surface area contributed by atoms with Gasteiger partial charge >= 0.3 is 0 Å². The van der Waals surface area contributed by atoms with Gasteiger partial charge < -0.3 is 0 Å². The third-order valence-corrected chi connectivity index (χ3v) is 2.48. The van der Waals surface area contributed by atoms with E-state index in [4.69, 9.17) is 0 Å². The number of unbranched alkanes of at least 4 members (excludes halogenated alkanes) is 7. The molecule has 1 radical (unpaired) electrons. The predicted octanol–water partition coefficient (Wildman–Crippen LogP) is 5.46. The molecule has 0 saturated carbocycles. The van der Waals surface area contributed by atoms with Crippen molar-refractivity contribution in [3.63, 3.8) is 0 Å². The van der Waals surface area contributed by atoms with Crippen LogP contribution in [-0.2, 0) is 0 Å². The zero-order valence-electron chi connectivity index (χ0n) is 10.4. The molecule has 87 valence electrons. The Balaban J connectivity index is 3.09. The van der Waals surface area contributed by atoms with Crippen LogP contribution in [0.4, 0.5) is 0 Å².